The molecule has 2 amide bonds. The van der Waals surface area contributed by atoms with E-state index in [1.807, 2.05) is 61.5 Å². The van der Waals surface area contributed by atoms with Gasteiger partial charge in [-0.2, -0.15) is 0 Å². The number of carbonyl (C=O) groups excluding carboxylic acids is 2. The van der Waals surface area contributed by atoms with Crippen LogP contribution in [0.25, 0.3) is 0 Å². The van der Waals surface area contributed by atoms with Crippen LogP contribution in [0.15, 0.2) is 71.1 Å². The van der Waals surface area contributed by atoms with Gasteiger partial charge in [0.15, 0.2) is 5.76 Å². The van der Waals surface area contributed by atoms with Gasteiger partial charge in [-0.15, -0.1) is 0 Å². The van der Waals surface area contributed by atoms with E-state index in [0.717, 1.165) is 29.8 Å². The number of ether oxygens (including phenoxy) is 1. The Hall–Kier alpha value is -3.54. The quantitative estimate of drug-likeness (QED) is 0.570. The van der Waals surface area contributed by atoms with E-state index in [4.69, 9.17) is 9.15 Å². The molecule has 6 nitrogen and oxygen atoms in total. The normalized spacial score (nSPS) is 14.0. The van der Waals surface area contributed by atoms with Gasteiger partial charge in [-0.25, -0.2) is 0 Å². The highest BCUT2D eigenvalue weighted by molar-refractivity contribution is 5.94. The molecule has 0 radical (unpaired) electrons. The second-order valence-electron chi connectivity index (χ2n) is 7.45. The van der Waals surface area contributed by atoms with Gasteiger partial charge in [-0.05, 0) is 61.7 Å². The van der Waals surface area contributed by atoms with Gasteiger partial charge in [0.25, 0.3) is 5.91 Å². The third kappa shape index (κ3) is 5.08. The Labute approximate surface area is 175 Å². The average Bonchev–Trinajstić information content (AvgIpc) is 3.51. The van der Waals surface area contributed by atoms with Crippen molar-refractivity contribution in [2.75, 3.05) is 5.32 Å². The fourth-order valence-electron chi connectivity index (χ4n) is 3.04. The zero-order chi connectivity index (χ0) is 20.9. The molecule has 1 atom stereocenters. The molecule has 6 heteroatoms. The molecule has 154 valence electrons. The summed E-state index contributed by atoms with van der Waals surface area (Å²) in [5, 5.41) is 5.84. The number of furan rings is 1. The van der Waals surface area contributed by atoms with Crippen LogP contribution in [0.3, 0.4) is 0 Å². The van der Waals surface area contributed by atoms with Crippen LogP contribution in [0.5, 0.6) is 5.75 Å². The second-order valence-corrected chi connectivity index (χ2v) is 7.45. The maximum absolute atomic E-state index is 12.5. The summed E-state index contributed by atoms with van der Waals surface area (Å²) in [5.74, 6) is 1.51. The third-order valence-electron chi connectivity index (χ3n) is 4.98. The maximum atomic E-state index is 12.5. The summed E-state index contributed by atoms with van der Waals surface area (Å²) in [6.07, 6.45) is 1.94. The van der Waals surface area contributed by atoms with E-state index in [9.17, 15) is 9.59 Å². The van der Waals surface area contributed by atoms with Crippen molar-refractivity contribution in [3.63, 3.8) is 0 Å². The van der Waals surface area contributed by atoms with E-state index in [1.165, 1.54) is 0 Å². The third-order valence-corrected chi connectivity index (χ3v) is 4.98. The van der Waals surface area contributed by atoms with Crippen molar-refractivity contribution in [1.82, 2.24) is 5.32 Å². The van der Waals surface area contributed by atoms with Crippen molar-refractivity contribution in [1.29, 1.82) is 0 Å². The van der Waals surface area contributed by atoms with Crippen LogP contribution in [-0.2, 0) is 11.4 Å². The van der Waals surface area contributed by atoms with Crippen molar-refractivity contribution in [3.8, 4) is 5.75 Å². The predicted octanol–water partition coefficient (Wildman–Crippen LogP) is 4.70. The van der Waals surface area contributed by atoms with Gasteiger partial charge in [0.1, 0.15) is 18.1 Å². The van der Waals surface area contributed by atoms with E-state index in [-0.39, 0.29) is 36.1 Å². The van der Waals surface area contributed by atoms with Gasteiger partial charge in [-0.3, -0.25) is 9.59 Å². The molecule has 30 heavy (non-hydrogen) atoms. The largest absolute Gasteiger partial charge is 0.486 e. The van der Waals surface area contributed by atoms with Crippen LogP contribution < -0.4 is 15.4 Å². The van der Waals surface area contributed by atoms with E-state index < -0.39 is 0 Å². The summed E-state index contributed by atoms with van der Waals surface area (Å²) in [5.41, 5.74) is 1.70. The minimum atomic E-state index is -0.292. The van der Waals surface area contributed by atoms with Crippen LogP contribution in [0.2, 0.25) is 0 Å². The van der Waals surface area contributed by atoms with Crippen LogP contribution in [0.1, 0.15) is 47.7 Å². The molecule has 0 saturated heterocycles. The second kappa shape index (κ2) is 8.86. The zero-order valence-electron chi connectivity index (χ0n) is 16.8. The molecular weight excluding hydrogens is 380 g/mol. The molecule has 1 aliphatic carbocycles. The Morgan fingerprint density at radius 3 is 2.47 bits per heavy atom. The number of nitrogens with one attached hydrogen (secondary N) is 2. The molecule has 1 unspecified atom stereocenters. The van der Waals surface area contributed by atoms with Crippen LogP contribution in [0, 0.1) is 5.92 Å². The SMILES string of the molecule is CC(NC(=O)c1ccc(COc2ccccc2)o1)c1ccc(NC(=O)C2CC2)cc1. The van der Waals surface area contributed by atoms with Crippen molar-refractivity contribution in [2.24, 2.45) is 5.92 Å². The summed E-state index contributed by atoms with van der Waals surface area (Å²) < 4.78 is 11.2. The first-order chi connectivity index (χ1) is 14.6. The highest BCUT2D eigenvalue weighted by Crippen LogP contribution is 2.30. The van der Waals surface area contributed by atoms with Gasteiger partial charge in [0, 0.05) is 11.6 Å². The first kappa shape index (κ1) is 19.8. The van der Waals surface area contributed by atoms with Gasteiger partial charge >= 0.3 is 0 Å². The number of rotatable bonds is 8. The minimum absolute atomic E-state index is 0.0777. The first-order valence-electron chi connectivity index (χ1n) is 10.1. The van der Waals surface area contributed by atoms with Crippen molar-refractivity contribution >= 4 is 17.5 Å². The standard InChI is InChI=1S/C24H24N2O4/c1-16(17-9-11-19(12-10-17)26-23(27)18-7-8-18)25-24(28)22-14-13-21(30-22)15-29-20-5-3-2-4-6-20/h2-6,9-14,16,18H,7-8,15H2,1H3,(H,25,28)(H,26,27). The summed E-state index contributed by atoms with van der Waals surface area (Å²) in [6, 6.07) is 20.1. The van der Waals surface area contributed by atoms with E-state index in [0.29, 0.717) is 5.76 Å². The number of hydrogen-bond acceptors (Lipinski definition) is 4. The lowest BCUT2D eigenvalue weighted by Crippen LogP contribution is -2.26. The lowest BCUT2D eigenvalue weighted by Gasteiger charge is -2.14. The number of para-hydroxylation sites is 1. The smallest absolute Gasteiger partial charge is 0.287 e. The number of amides is 2. The molecule has 1 fully saturated rings. The van der Waals surface area contributed by atoms with Crippen LogP contribution in [0.4, 0.5) is 5.69 Å². The summed E-state index contributed by atoms with van der Waals surface area (Å²) in [6.45, 7) is 2.15. The maximum Gasteiger partial charge on any atom is 0.287 e. The Morgan fingerprint density at radius 1 is 1.03 bits per heavy atom. The Bertz CT molecular complexity index is 1010. The lowest BCUT2D eigenvalue weighted by atomic mass is 10.1. The lowest BCUT2D eigenvalue weighted by molar-refractivity contribution is -0.117. The van der Waals surface area contributed by atoms with E-state index >= 15 is 0 Å². The summed E-state index contributed by atoms with van der Waals surface area (Å²) in [4.78, 5) is 24.3. The molecule has 0 spiro atoms. The molecule has 0 bridgehead atoms. The van der Waals surface area contributed by atoms with Gasteiger partial charge in [0.05, 0.1) is 6.04 Å². The Kier molecular flexibility index (Phi) is 5.84. The van der Waals surface area contributed by atoms with Gasteiger partial charge in [-0.1, -0.05) is 30.3 Å². The number of carbonyl (C=O) groups is 2. The van der Waals surface area contributed by atoms with E-state index in [2.05, 4.69) is 10.6 Å². The topological polar surface area (TPSA) is 80.6 Å². The number of anilines is 1. The molecule has 2 aromatic carbocycles. The highest BCUT2D eigenvalue weighted by Gasteiger charge is 2.29. The predicted molar refractivity (Wildman–Crippen MR) is 113 cm³/mol. The van der Waals surface area contributed by atoms with Gasteiger partial charge < -0.3 is 19.8 Å². The molecule has 3 aromatic rings. The van der Waals surface area contributed by atoms with Crippen molar-refractivity contribution in [2.45, 2.75) is 32.4 Å². The summed E-state index contributed by atoms with van der Waals surface area (Å²) >= 11 is 0. The molecular formula is C24H24N2O4. The highest BCUT2D eigenvalue weighted by atomic mass is 16.5. The summed E-state index contributed by atoms with van der Waals surface area (Å²) in [7, 11) is 0. The Morgan fingerprint density at radius 2 is 1.77 bits per heavy atom. The zero-order valence-corrected chi connectivity index (χ0v) is 16.8. The monoisotopic (exact) mass is 404 g/mol. The minimum Gasteiger partial charge on any atom is -0.486 e. The number of benzene rings is 2. The molecule has 0 aliphatic heterocycles. The molecule has 1 aliphatic rings. The van der Waals surface area contributed by atoms with Gasteiger partial charge in [0.2, 0.25) is 5.91 Å². The van der Waals surface area contributed by atoms with E-state index in [1.54, 1.807) is 12.1 Å². The van der Waals surface area contributed by atoms with Crippen molar-refractivity contribution in [3.05, 3.63) is 83.8 Å². The molecule has 1 heterocycles. The molecule has 1 saturated carbocycles. The first-order valence-corrected chi connectivity index (χ1v) is 10.1. The van der Waals surface area contributed by atoms with Crippen LogP contribution in [-0.4, -0.2) is 11.8 Å². The number of hydrogen-bond donors (Lipinski definition) is 2. The molecule has 1 aromatic heterocycles. The Balaban J connectivity index is 1.29. The van der Waals surface area contributed by atoms with Crippen LogP contribution >= 0.6 is 0 Å². The average molecular weight is 404 g/mol. The molecule has 4 rings (SSSR count). The molecule has 2 N–H and O–H groups in total. The fourth-order valence-corrected chi connectivity index (χ4v) is 3.04. The van der Waals surface area contributed by atoms with Crippen molar-refractivity contribution < 1.29 is 18.7 Å². The fraction of sp³-hybridized carbons (Fsp3) is 0.250.